The number of fused-ring (bicyclic) bond motifs is 1. The van der Waals surface area contributed by atoms with Crippen molar-refractivity contribution in [1.82, 2.24) is 20.1 Å². The standard InChI is InChI=1S/C21H23FN6O2/c1-11-3-4-17(13-6-14-8-25-27-18(14)16(22)7-13)28(10-11)21(30)20(29)26-15-5-12(2)19(23)24-9-15/h5-9,11,17H,3-4,10H2,1-2H3,(H2,23,24)(H,25,27)(H,26,29)/t11-,17+/m0/s1. The highest BCUT2D eigenvalue weighted by Crippen LogP contribution is 2.35. The molecular weight excluding hydrogens is 387 g/mol. The van der Waals surface area contributed by atoms with Crippen LogP contribution < -0.4 is 11.1 Å². The molecule has 1 aromatic carbocycles. The molecule has 4 N–H and O–H groups in total. The number of hydrogen-bond acceptors (Lipinski definition) is 5. The van der Waals surface area contributed by atoms with E-state index in [-0.39, 0.29) is 12.0 Å². The Labute approximate surface area is 172 Å². The lowest BCUT2D eigenvalue weighted by atomic mass is 9.89. The first-order valence-electron chi connectivity index (χ1n) is 9.80. The molecule has 0 spiro atoms. The summed E-state index contributed by atoms with van der Waals surface area (Å²) >= 11 is 0. The van der Waals surface area contributed by atoms with E-state index >= 15 is 0 Å². The number of amides is 2. The van der Waals surface area contributed by atoms with Gasteiger partial charge in [0.05, 0.1) is 24.1 Å². The average Bonchev–Trinajstić information content (AvgIpc) is 3.19. The topological polar surface area (TPSA) is 117 Å². The van der Waals surface area contributed by atoms with Crippen LogP contribution in [0.25, 0.3) is 10.9 Å². The first-order valence-corrected chi connectivity index (χ1v) is 9.80. The molecule has 3 heterocycles. The maximum Gasteiger partial charge on any atom is 0.313 e. The monoisotopic (exact) mass is 410 g/mol. The number of carbonyl (C=O) groups is 2. The molecule has 0 aliphatic carbocycles. The number of nitrogens with two attached hydrogens (primary N) is 1. The van der Waals surface area contributed by atoms with E-state index in [2.05, 4.69) is 20.5 Å². The predicted molar refractivity (Wildman–Crippen MR) is 111 cm³/mol. The van der Waals surface area contributed by atoms with E-state index < -0.39 is 17.6 Å². The van der Waals surface area contributed by atoms with Crippen LogP contribution in [0.1, 0.15) is 36.9 Å². The largest absolute Gasteiger partial charge is 0.383 e. The summed E-state index contributed by atoms with van der Waals surface area (Å²) in [6.45, 7) is 4.21. The Morgan fingerprint density at radius 3 is 2.83 bits per heavy atom. The molecule has 9 heteroatoms. The summed E-state index contributed by atoms with van der Waals surface area (Å²) in [5, 5.41) is 9.73. The van der Waals surface area contributed by atoms with Crippen LogP contribution in [0, 0.1) is 18.7 Å². The molecule has 0 bridgehead atoms. The number of aromatic nitrogens is 3. The van der Waals surface area contributed by atoms with Crippen molar-refractivity contribution < 1.29 is 14.0 Å². The van der Waals surface area contributed by atoms with E-state index in [9.17, 15) is 14.0 Å². The minimum absolute atomic E-state index is 0.237. The number of aryl methyl sites for hydroxylation is 1. The maximum atomic E-state index is 14.5. The smallest absolute Gasteiger partial charge is 0.313 e. The van der Waals surface area contributed by atoms with Gasteiger partial charge in [-0.3, -0.25) is 14.7 Å². The normalized spacial score (nSPS) is 19.1. The van der Waals surface area contributed by atoms with Crippen LogP contribution in [-0.2, 0) is 9.59 Å². The van der Waals surface area contributed by atoms with Crippen LogP contribution in [0.3, 0.4) is 0 Å². The number of pyridine rings is 1. The summed E-state index contributed by atoms with van der Waals surface area (Å²) in [5.41, 5.74) is 7.78. The summed E-state index contributed by atoms with van der Waals surface area (Å²) in [5.74, 6) is -1.25. The molecule has 156 valence electrons. The van der Waals surface area contributed by atoms with Crippen molar-refractivity contribution in [2.24, 2.45) is 5.92 Å². The van der Waals surface area contributed by atoms with Gasteiger partial charge in [0.1, 0.15) is 17.2 Å². The number of carbonyl (C=O) groups excluding carboxylic acids is 2. The van der Waals surface area contributed by atoms with Crippen LogP contribution in [-0.4, -0.2) is 38.4 Å². The molecule has 0 radical (unpaired) electrons. The molecule has 2 atom stereocenters. The second kappa shape index (κ2) is 7.74. The first-order chi connectivity index (χ1) is 14.3. The van der Waals surface area contributed by atoms with Gasteiger partial charge in [0.25, 0.3) is 0 Å². The Morgan fingerprint density at radius 1 is 1.27 bits per heavy atom. The van der Waals surface area contributed by atoms with Crippen molar-refractivity contribution in [3.8, 4) is 0 Å². The molecule has 0 saturated carbocycles. The van der Waals surface area contributed by atoms with Crippen molar-refractivity contribution in [3.05, 3.63) is 47.5 Å². The van der Waals surface area contributed by atoms with Gasteiger partial charge >= 0.3 is 11.8 Å². The quantitative estimate of drug-likeness (QED) is 0.562. The predicted octanol–water partition coefficient (Wildman–Crippen LogP) is 2.93. The molecule has 2 amide bonds. The SMILES string of the molecule is Cc1cc(NC(=O)C(=O)N2C[C@@H](C)CC[C@@H]2c2cc(F)c3[nH]ncc3c2)cnc1N. The molecule has 1 fully saturated rings. The number of benzene rings is 1. The molecule has 1 saturated heterocycles. The van der Waals surface area contributed by atoms with E-state index in [1.807, 2.05) is 13.0 Å². The third-order valence-corrected chi connectivity index (χ3v) is 5.56. The number of rotatable bonds is 2. The second-order valence-corrected chi connectivity index (χ2v) is 7.87. The Balaban J connectivity index is 1.60. The number of likely N-dealkylation sites (tertiary alicyclic amines) is 1. The lowest BCUT2D eigenvalue weighted by molar-refractivity contribution is -0.146. The highest BCUT2D eigenvalue weighted by atomic mass is 19.1. The fourth-order valence-corrected chi connectivity index (χ4v) is 3.92. The summed E-state index contributed by atoms with van der Waals surface area (Å²) in [4.78, 5) is 31.2. The number of aromatic amines is 1. The number of anilines is 2. The average molecular weight is 410 g/mol. The number of nitrogens with zero attached hydrogens (tertiary/aromatic N) is 3. The van der Waals surface area contributed by atoms with Gasteiger partial charge in [-0.05, 0) is 55.0 Å². The molecule has 1 aliphatic heterocycles. The van der Waals surface area contributed by atoms with Crippen LogP contribution in [0.15, 0.2) is 30.6 Å². The molecule has 1 aliphatic rings. The van der Waals surface area contributed by atoms with Gasteiger partial charge in [-0.15, -0.1) is 0 Å². The van der Waals surface area contributed by atoms with E-state index in [4.69, 9.17) is 5.73 Å². The lowest BCUT2D eigenvalue weighted by Crippen LogP contribution is -2.46. The zero-order valence-electron chi connectivity index (χ0n) is 16.8. The van der Waals surface area contributed by atoms with Gasteiger partial charge in [0.2, 0.25) is 0 Å². The van der Waals surface area contributed by atoms with Crippen molar-refractivity contribution in [1.29, 1.82) is 0 Å². The maximum absolute atomic E-state index is 14.5. The molecule has 2 aromatic heterocycles. The van der Waals surface area contributed by atoms with Crippen LogP contribution >= 0.6 is 0 Å². The molecule has 3 aromatic rings. The van der Waals surface area contributed by atoms with Crippen molar-refractivity contribution in [2.75, 3.05) is 17.6 Å². The Kier molecular flexibility index (Phi) is 5.11. The zero-order chi connectivity index (χ0) is 21.4. The highest BCUT2D eigenvalue weighted by molar-refractivity contribution is 6.39. The van der Waals surface area contributed by atoms with Gasteiger partial charge < -0.3 is 16.0 Å². The van der Waals surface area contributed by atoms with Gasteiger partial charge in [-0.25, -0.2) is 9.37 Å². The fourth-order valence-electron chi connectivity index (χ4n) is 3.92. The number of hydrogen-bond donors (Lipinski definition) is 3. The Bertz CT molecular complexity index is 1130. The van der Waals surface area contributed by atoms with E-state index in [0.29, 0.717) is 46.5 Å². The van der Waals surface area contributed by atoms with Crippen molar-refractivity contribution in [2.45, 2.75) is 32.7 Å². The third-order valence-electron chi connectivity index (χ3n) is 5.56. The van der Waals surface area contributed by atoms with E-state index in [0.717, 1.165) is 6.42 Å². The number of piperidine rings is 1. The van der Waals surface area contributed by atoms with Crippen LogP contribution in [0.5, 0.6) is 0 Å². The van der Waals surface area contributed by atoms with Crippen LogP contribution in [0.4, 0.5) is 15.9 Å². The Morgan fingerprint density at radius 2 is 2.07 bits per heavy atom. The summed E-state index contributed by atoms with van der Waals surface area (Å²) in [6, 6.07) is 4.49. The van der Waals surface area contributed by atoms with Gasteiger partial charge in [0.15, 0.2) is 0 Å². The molecule has 4 rings (SSSR count). The van der Waals surface area contributed by atoms with E-state index in [1.165, 1.54) is 17.2 Å². The Hall–Kier alpha value is -3.49. The van der Waals surface area contributed by atoms with Gasteiger partial charge in [-0.2, -0.15) is 5.10 Å². The highest BCUT2D eigenvalue weighted by Gasteiger charge is 2.34. The van der Waals surface area contributed by atoms with Crippen molar-refractivity contribution >= 4 is 34.2 Å². The lowest BCUT2D eigenvalue weighted by Gasteiger charge is -2.38. The molecule has 8 nitrogen and oxygen atoms in total. The van der Waals surface area contributed by atoms with E-state index in [1.54, 1.807) is 19.2 Å². The van der Waals surface area contributed by atoms with Gasteiger partial charge in [0, 0.05) is 11.9 Å². The molecule has 30 heavy (non-hydrogen) atoms. The number of H-pyrrole nitrogens is 1. The first kappa shape index (κ1) is 19.8. The second-order valence-electron chi connectivity index (χ2n) is 7.87. The minimum atomic E-state index is -0.759. The molecule has 0 unspecified atom stereocenters. The third kappa shape index (κ3) is 3.70. The fraction of sp³-hybridized carbons (Fsp3) is 0.333. The zero-order valence-corrected chi connectivity index (χ0v) is 16.8. The summed E-state index contributed by atoms with van der Waals surface area (Å²) in [6.07, 6.45) is 4.47. The van der Waals surface area contributed by atoms with Gasteiger partial charge in [-0.1, -0.05) is 6.92 Å². The van der Waals surface area contributed by atoms with Crippen molar-refractivity contribution in [3.63, 3.8) is 0 Å². The molecular formula is C21H23FN6O2. The van der Waals surface area contributed by atoms with Crippen LogP contribution in [0.2, 0.25) is 0 Å². The summed E-state index contributed by atoms with van der Waals surface area (Å²) in [7, 11) is 0. The number of nitrogens with one attached hydrogen (secondary N) is 2. The minimum Gasteiger partial charge on any atom is -0.383 e. The number of nitrogen functional groups attached to an aromatic ring is 1. The number of halogens is 1. The summed E-state index contributed by atoms with van der Waals surface area (Å²) < 4.78 is 14.5.